The molecule has 2 heterocycles. The Balaban J connectivity index is 2.09. The molecule has 1 N–H and O–H groups in total. The van der Waals surface area contributed by atoms with Gasteiger partial charge in [-0.15, -0.1) is 0 Å². The molecule has 102 valence electrons. The van der Waals surface area contributed by atoms with E-state index in [4.69, 9.17) is 0 Å². The fraction of sp³-hybridized carbons (Fsp3) is 0.417. The van der Waals surface area contributed by atoms with Crippen molar-refractivity contribution >= 4 is 27.1 Å². The van der Waals surface area contributed by atoms with Gasteiger partial charge in [-0.1, -0.05) is 6.07 Å². The molecule has 0 radical (unpaired) electrons. The van der Waals surface area contributed by atoms with E-state index >= 15 is 0 Å². The largest absolute Gasteiger partial charge is 0.364 e. The van der Waals surface area contributed by atoms with E-state index in [1.165, 1.54) is 6.07 Å². The maximum absolute atomic E-state index is 13.8. The van der Waals surface area contributed by atoms with E-state index in [-0.39, 0.29) is 29.5 Å². The van der Waals surface area contributed by atoms with Crippen LogP contribution in [-0.4, -0.2) is 38.4 Å². The first kappa shape index (κ1) is 12.4. The summed E-state index contributed by atoms with van der Waals surface area (Å²) in [5, 5.41) is 2.52. The minimum absolute atomic E-state index is 0.0354. The van der Waals surface area contributed by atoms with Crippen LogP contribution in [-0.2, 0) is 14.6 Å². The Morgan fingerprint density at radius 2 is 2.16 bits per heavy atom. The number of anilines is 2. The molecule has 3 rings (SSSR count). The first-order valence-corrected chi connectivity index (χ1v) is 7.84. The predicted octanol–water partition coefficient (Wildman–Crippen LogP) is 0.771. The van der Waals surface area contributed by atoms with Gasteiger partial charge >= 0.3 is 0 Å². The SMILES string of the molecule is O=C1CC2CS(=O)(=O)CCN2c2cccc(F)c2N1. The highest BCUT2D eigenvalue weighted by Gasteiger charge is 2.36. The first-order chi connectivity index (χ1) is 8.96. The van der Waals surface area contributed by atoms with E-state index in [2.05, 4.69) is 5.32 Å². The van der Waals surface area contributed by atoms with Crippen molar-refractivity contribution in [3.05, 3.63) is 24.0 Å². The van der Waals surface area contributed by atoms with E-state index in [0.717, 1.165) is 0 Å². The van der Waals surface area contributed by atoms with Crippen LogP contribution in [0.5, 0.6) is 0 Å². The second-order valence-electron chi connectivity index (χ2n) is 4.85. The number of halogens is 1. The molecule has 0 spiro atoms. The molecule has 1 aromatic carbocycles. The molecule has 7 heteroatoms. The summed E-state index contributed by atoms with van der Waals surface area (Å²) < 4.78 is 37.1. The quantitative estimate of drug-likeness (QED) is 0.764. The van der Waals surface area contributed by atoms with Gasteiger partial charge in [0.05, 0.1) is 23.2 Å². The highest BCUT2D eigenvalue weighted by molar-refractivity contribution is 7.91. The number of rotatable bonds is 0. The van der Waals surface area contributed by atoms with Crippen LogP contribution in [0.1, 0.15) is 6.42 Å². The summed E-state index contributed by atoms with van der Waals surface area (Å²) in [7, 11) is -3.12. The van der Waals surface area contributed by atoms with E-state index in [1.807, 2.05) is 4.90 Å². The second-order valence-corrected chi connectivity index (χ2v) is 7.08. The Kier molecular flexibility index (Phi) is 2.74. The molecule has 1 amide bonds. The molecule has 2 aliphatic heterocycles. The van der Waals surface area contributed by atoms with Gasteiger partial charge in [0.2, 0.25) is 5.91 Å². The minimum atomic E-state index is -3.12. The molecule has 1 aromatic rings. The van der Waals surface area contributed by atoms with Crippen LogP contribution in [0, 0.1) is 5.82 Å². The van der Waals surface area contributed by atoms with Crippen molar-refractivity contribution in [3.8, 4) is 0 Å². The topological polar surface area (TPSA) is 66.5 Å². The fourth-order valence-corrected chi connectivity index (χ4v) is 4.18. The Bertz CT molecular complexity index is 644. The average molecular weight is 284 g/mol. The van der Waals surface area contributed by atoms with Crippen molar-refractivity contribution < 1.29 is 17.6 Å². The van der Waals surface area contributed by atoms with Crippen molar-refractivity contribution in [2.24, 2.45) is 0 Å². The summed E-state index contributed by atoms with van der Waals surface area (Å²) in [6.45, 7) is 0.290. The summed E-state index contributed by atoms with van der Waals surface area (Å²) in [5.74, 6) is -0.875. The van der Waals surface area contributed by atoms with E-state index in [0.29, 0.717) is 12.2 Å². The molecule has 5 nitrogen and oxygen atoms in total. The monoisotopic (exact) mass is 284 g/mol. The van der Waals surface area contributed by atoms with Gasteiger partial charge in [0.1, 0.15) is 11.5 Å². The number of nitrogens with zero attached hydrogens (tertiary/aromatic N) is 1. The van der Waals surface area contributed by atoms with Crippen molar-refractivity contribution in [1.29, 1.82) is 0 Å². The number of carbonyl (C=O) groups is 1. The van der Waals surface area contributed by atoms with Crippen molar-refractivity contribution in [2.75, 3.05) is 28.3 Å². The second kappa shape index (κ2) is 4.19. The standard InChI is InChI=1S/C12H13FN2O3S/c13-9-2-1-3-10-12(9)14-11(16)6-8-7-19(17,18)5-4-15(8)10/h1-3,8H,4-7H2,(H,14,16). The predicted molar refractivity (Wildman–Crippen MR) is 69.4 cm³/mol. The summed E-state index contributed by atoms with van der Waals surface area (Å²) in [5.41, 5.74) is 0.708. The molecule has 19 heavy (non-hydrogen) atoms. The molecule has 0 bridgehead atoms. The molecule has 2 aliphatic rings. The lowest BCUT2D eigenvalue weighted by atomic mass is 10.1. The van der Waals surface area contributed by atoms with Gasteiger partial charge in [-0.05, 0) is 12.1 Å². The fourth-order valence-electron chi connectivity index (χ4n) is 2.65. The summed E-state index contributed by atoms with van der Waals surface area (Å²) >= 11 is 0. The lowest BCUT2D eigenvalue weighted by Gasteiger charge is -2.35. The molecule has 0 aliphatic carbocycles. The number of carbonyl (C=O) groups excluding carboxylic acids is 1. The van der Waals surface area contributed by atoms with Gasteiger partial charge in [-0.25, -0.2) is 12.8 Å². The maximum Gasteiger partial charge on any atom is 0.226 e. The van der Waals surface area contributed by atoms with Gasteiger partial charge in [0.15, 0.2) is 9.84 Å². The van der Waals surface area contributed by atoms with Gasteiger partial charge in [0, 0.05) is 13.0 Å². The number of nitrogens with one attached hydrogen (secondary N) is 1. The molecular formula is C12H13FN2O3S. The molecule has 1 saturated heterocycles. The van der Waals surface area contributed by atoms with Gasteiger partial charge in [0.25, 0.3) is 0 Å². The highest BCUT2D eigenvalue weighted by atomic mass is 32.2. The summed E-state index contributed by atoms with van der Waals surface area (Å²) in [6.07, 6.45) is 0.0628. The van der Waals surface area contributed by atoms with Crippen LogP contribution < -0.4 is 10.2 Å². The third kappa shape index (κ3) is 2.18. The van der Waals surface area contributed by atoms with E-state index in [1.54, 1.807) is 12.1 Å². The van der Waals surface area contributed by atoms with E-state index in [9.17, 15) is 17.6 Å². The van der Waals surface area contributed by atoms with Crippen LogP contribution in [0.25, 0.3) is 0 Å². The maximum atomic E-state index is 13.8. The number of para-hydroxylation sites is 1. The number of amides is 1. The van der Waals surface area contributed by atoms with Crippen LogP contribution >= 0.6 is 0 Å². The number of sulfone groups is 1. The molecule has 1 unspecified atom stereocenters. The molecule has 0 aromatic heterocycles. The zero-order valence-corrected chi connectivity index (χ0v) is 10.9. The molecule has 0 saturated carbocycles. The summed E-state index contributed by atoms with van der Waals surface area (Å²) in [6, 6.07) is 4.13. The van der Waals surface area contributed by atoms with Crippen LogP contribution in [0.2, 0.25) is 0 Å². The third-order valence-electron chi connectivity index (χ3n) is 3.52. The van der Waals surface area contributed by atoms with E-state index < -0.39 is 21.7 Å². The molecule has 1 fully saturated rings. The zero-order valence-electron chi connectivity index (χ0n) is 10.1. The Hall–Kier alpha value is -1.63. The Labute approximate surface area is 110 Å². The lowest BCUT2D eigenvalue weighted by molar-refractivity contribution is -0.116. The highest BCUT2D eigenvalue weighted by Crippen LogP contribution is 2.35. The van der Waals surface area contributed by atoms with Gasteiger partial charge in [-0.3, -0.25) is 4.79 Å². The number of hydrogen-bond acceptors (Lipinski definition) is 4. The third-order valence-corrected chi connectivity index (χ3v) is 5.21. The van der Waals surface area contributed by atoms with Gasteiger partial charge < -0.3 is 10.2 Å². The van der Waals surface area contributed by atoms with Crippen molar-refractivity contribution in [2.45, 2.75) is 12.5 Å². The average Bonchev–Trinajstić information content (AvgIpc) is 2.44. The van der Waals surface area contributed by atoms with Crippen LogP contribution in [0.15, 0.2) is 18.2 Å². The van der Waals surface area contributed by atoms with Crippen LogP contribution in [0.3, 0.4) is 0 Å². The number of hydrogen-bond donors (Lipinski definition) is 1. The minimum Gasteiger partial charge on any atom is -0.364 e. The number of benzene rings is 1. The van der Waals surface area contributed by atoms with Crippen molar-refractivity contribution in [1.82, 2.24) is 0 Å². The first-order valence-electron chi connectivity index (χ1n) is 6.02. The van der Waals surface area contributed by atoms with Gasteiger partial charge in [-0.2, -0.15) is 0 Å². The Morgan fingerprint density at radius 1 is 1.37 bits per heavy atom. The Morgan fingerprint density at radius 3 is 2.95 bits per heavy atom. The normalized spacial score (nSPS) is 25.0. The van der Waals surface area contributed by atoms with Crippen molar-refractivity contribution in [3.63, 3.8) is 0 Å². The number of fused-ring (bicyclic) bond motifs is 3. The molecule has 1 atom stereocenters. The lowest BCUT2D eigenvalue weighted by Crippen LogP contribution is -2.48. The smallest absolute Gasteiger partial charge is 0.226 e. The zero-order chi connectivity index (χ0) is 13.6. The summed E-state index contributed by atoms with van der Waals surface area (Å²) in [4.78, 5) is 13.6. The van der Waals surface area contributed by atoms with Crippen LogP contribution in [0.4, 0.5) is 15.8 Å². The molecular weight excluding hydrogens is 271 g/mol.